The van der Waals surface area contributed by atoms with Crippen molar-refractivity contribution in [1.29, 1.82) is 0 Å². The van der Waals surface area contributed by atoms with Gasteiger partial charge in [-0.2, -0.15) is 0 Å². The van der Waals surface area contributed by atoms with E-state index in [1.165, 1.54) is 4.31 Å². The third-order valence-corrected chi connectivity index (χ3v) is 9.59. The van der Waals surface area contributed by atoms with Crippen LogP contribution in [0.5, 0.6) is 0 Å². The first kappa shape index (κ1) is 33.1. The highest BCUT2D eigenvalue weighted by Gasteiger charge is 2.32. The van der Waals surface area contributed by atoms with Crippen LogP contribution >= 0.6 is 34.8 Å². The predicted octanol–water partition coefficient (Wildman–Crippen LogP) is 6.89. The molecule has 0 aliphatic heterocycles. The molecule has 7 nitrogen and oxygen atoms in total. The van der Waals surface area contributed by atoms with Crippen molar-refractivity contribution >= 4 is 62.3 Å². The number of amides is 2. The fourth-order valence-corrected chi connectivity index (χ4v) is 7.00. The molecule has 3 aromatic carbocycles. The smallest absolute Gasteiger partial charge is 0.243 e. The Morgan fingerprint density at radius 3 is 2.28 bits per heavy atom. The van der Waals surface area contributed by atoms with Crippen molar-refractivity contribution < 1.29 is 18.0 Å². The molecule has 1 N–H and O–H groups in total. The van der Waals surface area contributed by atoms with Crippen molar-refractivity contribution in [1.82, 2.24) is 10.2 Å². The molecule has 1 aliphatic carbocycles. The molecule has 0 saturated heterocycles. The summed E-state index contributed by atoms with van der Waals surface area (Å²) < 4.78 is 26.5. The number of sulfonamides is 1. The SMILES string of the molecule is CS(=O)(=O)N(CCCC(=O)N(Cc1ccc(Cl)cc1Cl)C(Cc1ccccc1)C(=O)NC1CCCC1)c1cccc(Cl)c1. The highest BCUT2D eigenvalue weighted by molar-refractivity contribution is 7.92. The van der Waals surface area contributed by atoms with Gasteiger partial charge >= 0.3 is 0 Å². The highest BCUT2D eigenvalue weighted by atomic mass is 35.5. The summed E-state index contributed by atoms with van der Waals surface area (Å²) in [5.41, 5.74) is 1.99. The fraction of sp³-hybridized carbons (Fsp3) is 0.375. The lowest BCUT2D eigenvalue weighted by atomic mass is 10.0. The van der Waals surface area contributed by atoms with Gasteiger partial charge < -0.3 is 10.2 Å². The molecule has 0 bridgehead atoms. The first-order valence-corrected chi connectivity index (χ1v) is 17.3. The molecule has 43 heavy (non-hydrogen) atoms. The van der Waals surface area contributed by atoms with Gasteiger partial charge in [0, 0.05) is 47.0 Å². The van der Waals surface area contributed by atoms with Crippen LogP contribution in [0.15, 0.2) is 72.8 Å². The number of nitrogens with zero attached hydrogens (tertiary/aromatic N) is 2. The maximum Gasteiger partial charge on any atom is 0.243 e. The van der Waals surface area contributed by atoms with Crippen molar-refractivity contribution in [3.05, 3.63) is 99.0 Å². The Morgan fingerprint density at radius 1 is 0.930 bits per heavy atom. The standard InChI is InChI=1S/C32H36Cl3N3O4S/c1-43(41,42)38(28-14-7-11-25(33)20-28)18-8-15-31(39)37(22-24-16-17-26(34)21-29(24)35)30(19-23-9-3-2-4-10-23)32(40)36-27-12-5-6-13-27/h2-4,7,9-11,14,16-17,20-21,27,30H,5-6,8,12-13,15,18-19,22H2,1H3,(H,36,40). The molecule has 11 heteroatoms. The third-order valence-electron chi connectivity index (χ3n) is 7.58. The molecule has 1 unspecified atom stereocenters. The quantitative estimate of drug-likeness (QED) is 0.216. The molecule has 0 radical (unpaired) electrons. The van der Waals surface area contributed by atoms with E-state index in [1.807, 2.05) is 30.3 Å². The summed E-state index contributed by atoms with van der Waals surface area (Å²) >= 11 is 18.8. The lowest BCUT2D eigenvalue weighted by Gasteiger charge is -2.33. The zero-order valence-electron chi connectivity index (χ0n) is 24.0. The maximum atomic E-state index is 14.0. The van der Waals surface area contributed by atoms with Gasteiger partial charge in [-0.05, 0) is 60.7 Å². The van der Waals surface area contributed by atoms with Crippen LogP contribution in [0.1, 0.15) is 49.7 Å². The van der Waals surface area contributed by atoms with E-state index < -0.39 is 16.1 Å². The van der Waals surface area contributed by atoms with Gasteiger partial charge in [0.1, 0.15) is 6.04 Å². The minimum absolute atomic E-state index is 0.0137. The molecule has 0 aromatic heterocycles. The molecule has 4 rings (SSSR count). The van der Waals surface area contributed by atoms with Crippen LogP contribution in [0.25, 0.3) is 0 Å². The molecular weight excluding hydrogens is 629 g/mol. The summed E-state index contributed by atoms with van der Waals surface area (Å²) in [7, 11) is -3.64. The first-order chi connectivity index (χ1) is 20.5. The maximum absolute atomic E-state index is 14.0. The number of carbonyl (C=O) groups excluding carboxylic acids is 2. The summed E-state index contributed by atoms with van der Waals surface area (Å²) in [6, 6.07) is 20.5. The van der Waals surface area contributed by atoms with E-state index in [4.69, 9.17) is 34.8 Å². The van der Waals surface area contributed by atoms with Crippen molar-refractivity contribution in [2.75, 3.05) is 17.1 Å². The first-order valence-electron chi connectivity index (χ1n) is 14.3. The minimum atomic E-state index is -3.64. The number of benzene rings is 3. The fourth-order valence-electron chi connectivity index (χ4n) is 5.39. The lowest BCUT2D eigenvalue weighted by Crippen LogP contribution is -2.52. The van der Waals surface area contributed by atoms with E-state index in [1.54, 1.807) is 47.4 Å². The minimum Gasteiger partial charge on any atom is -0.352 e. The Labute approximate surface area is 269 Å². The predicted molar refractivity (Wildman–Crippen MR) is 174 cm³/mol. The van der Waals surface area contributed by atoms with Gasteiger partial charge in [-0.25, -0.2) is 8.42 Å². The number of rotatable bonds is 13. The normalized spacial score (nSPS) is 14.3. The van der Waals surface area contributed by atoms with Gasteiger partial charge in [-0.3, -0.25) is 13.9 Å². The summed E-state index contributed by atoms with van der Waals surface area (Å²) in [5.74, 6) is -0.501. The molecule has 3 aromatic rings. The van der Waals surface area contributed by atoms with Crippen molar-refractivity contribution in [3.8, 4) is 0 Å². The van der Waals surface area contributed by atoms with E-state index in [-0.39, 0.29) is 43.8 Å². The Kier molecular flexibility index (Phi) is 11.8. The van der Waals surface area contributed by atoms with Crippen molar-refractivity contribution in [3.63, 3.8) is 0 Å². The number of hydrogen-bond acceptors (Lipinski definition) is 4. The highest BCUT2D eigenvalue weighted by Crippen LogP contribution is 2.26. The zero-order valence-corrected chi connectivity index (χ0v) is 27.1. The molecule has 1 aliphatic rings. The third kappa shape index (κ3) is 9.60. The second-order valence-electron chi connectivity index (χ2n) is 10.9. The van der Waals surface area contributed by atoms with Gasteiger partial charge in [0.2, 0.25) is 21.8 Å². The molecule has 1 atom stereocenters. The average molecular weight is 665 g/mol. The number of halogens is 3. The molecule has 1 saturated carbocycles. The number of anilines is 1. The largest absolute Gasteiger partial charge is 0.352 e. The van der Waals surface area contributed by atoms with Crippen LogP contribution in [-0.2, 0) is 32.6 Å². The molecule has 0 heterocycles. The van der Waals surface area contributed by atoms with Crippen LogP contribution in [-0.4, -0.2) is 50.0 Å². The molecule has 2 amide bonds. The Morgan fingerprint density at radius 2 is 1.63 bits per heavy atom. The molecule has 1 fully saturated rings. The van der Waals surface area contributed by atoms with Gasteiger partial charge in [-0.1, -0.05) is 90.1 Å². The van der Waals surface area contributed by atoms with Crippen LogP contribution < -0.4 is 9.62 Å². The lowest BCUT2D eigenvalue weighted by molar-refractivity contribution is -0.141. The zero-order chi connectivity index (χ0) is 31.0. The molecule has 0 spiro atoms. The number of nitrogens with one attached hydrogen (secondary N) is 1. The molecular formula is C32H36Cl3N3O4S. The van der Waals surface area contributed by atoms with E-state index in [9.17, 15) is 18.0 Å². The summed E-state index contributed by atoms with van der Waals surface area (Å²) in [4.78, 5) is 29.4. The number of carbonyl (C=O) groups is 2. The van der Waals surface area contributed by atoms with E-state index >= 15 is 0 Å². The summed E-state index contributed by atoms with van der Waals surface area (Å²) in [6.45, 7) is 0.159. The number of hydrogen-bond donors (Lipinski definition) is 1. The molecule has 230 valence electrons. The van der Waals surface area contributed by atoms with Crippen LogP contribution in [0.4, 0.5) is 5.69 Å². The van der Waals surface area contributed by atoms with Crippen molar-refractivity contribution in [2.45, 2.75) is 63.6 Å². The van der Waals surface area contributed by atoms with Crippen molar-refractivity contribution in [2.24, 2.45) is 0 Å². The van der Waals surface area contributed by atoms with Gasteiger partial charge in [0.25, 0.3) is 0 Å². The van der Waals surface area contributed by atoms with E-state index in [0.717, 1.165) is 37.5 Å². The van der Waals surface area contributed by atoms with Crippen LogP contribution in [0.3, 0.4) is 0 Å². The summed E-state index contributed by atoms with van der Waals surface area (Å²) in [5, 5.41) is 4.44. The van der Waals surface area contributed by atoms with Gasteiger partial charge in [0.15, 0.2) is 0 Å². The monoisotopic (exact) mass is 663 g/mol. The van der Waals surface area contributed by atoms with E-state index in [0.29, 0.717) is 32.7 Å². The Bertz CT molecular complexity index is 1520. The van der Waals surface area contributed by atoms with Gasteiger partial charge in [0.05, 0.1) is 11.9 Å². The van der Waals surface area contributed by atoms with Crippen LogP contribution in [0.2, 0.25) is 15.1 Å². The topological polar surface area (TPSA) is 86.8 Å². The second-order valence-corrected chi connectivity index (χ2v) is 14.1. The van der Waals surface area contributed by atoms with Crippen LogP contribution in [0, 0.1) is 0 Å². The Balaban J connectivity index is 1.61. The Hall–Kier alpha value is -2.78. The average Bonchev–Trinajstić information content (AvgIpc) is 3.47. The van der Waals surface area contributed by atoms with Gasteiger partial charge in [-0.15, -0.1) is 0 Å². The summed E-state index contributed by atoms with van der Waals surface area (Å²) in [6.07, 6.45) is 5.60. The second kappa shape index (κ2) is 15.3. The van der Waals surface area contributed by atoms with E-state index in [2.05, 4.69) is 5.32 Å².